The van der Waals surface area contributed by atoms with Crippen molar-refractivity contribution in [3.8, 4) is 0 Å². The average molecular weight is 244 g/mol. The van der Waals surface area contributed by atoms with Gasteiger partial charge in [0, 0.05) is 6.20 Å². The molecule has 2 heterocycles. The van der Waals surface area contributed by atoms with Crippen LogP contribution in [0.5, 0.6) is 0 Å². The van der Waals surface area contributed by atoms with Gasteiger partial charge in [-0.05, 0) is 18.2 Å². The Kier molecular flexibility index (Phi) is 3.28. The summed E-state index contributed by atoms with van der Waals surface area (Å²) in [7, 11) is 0. The number of aromatic nitrogens is 1. The van der Waals surface area contributed by atoms with E-state index in [2.05, 4.69) is 4.98 Å². The monoisotopic (exact) mass is 243 g/mol. The molecule has 0 amide bonds. The molecule has 0 saturated carbocycles. The summed E-state index contributed by atoms with van der Waals surface area (Å²) in [4.78, 5) is 3.89. The molecule has 0 radical (unpaired) electrons. The SMILES string of the molecule is Fc1cc(Cl)cnc1SCc1ccco1. The van der Waals surface area contributed by atoms with Gasteiger partial charge in [-0.1, -0.05) is 23.4 Å². The van der Waals surface area contributed by atoms with Gasteiger partial charge < -0.3 is 4.42 Å². The molecule has 0 unspecified atom stereocenters. The highest BCUT2D eigenvalue weighted by molar-refractivity contribution is 7.98. The van der Waals surface area contributed by atoms with E-state index in [1.165, 1.54) is 24.0 Å². The highest BCUT2D eigenvalue weighted by Crippen LogP contribution is 2.24. The van der Waals surface area contributed by atoms with E-state index in [-0.39, 0.29) is 0 Å². The Morgan fingerprint density at radius 3 is 3.07 bits per heavy atom. The van der Waals surface area contributed by atoms with Gasteiger partial charge in [0.1, 0.15) is 10.8 Å². The van der Waals surface area contributed by atoms with Crippen molar-refractivity contribution in [1.29, 1.82) is 0 Å². The van der Waals surface area contributed by atoms with Crippen LogP contribution in [0.25, 0.3) is 0 Å². The van der Waals surface area contributed by atoms with Crippen LogP contribution < -0.4 is 0 Å². The lowest BCUT2D eigenvalue weighted by Gasteiger charge is -2.00. The van der Waals surface area contributed by atoms with E-state index < -0.39 is 5.82 Å². The van der Waals surface area contributed by atoms with Crippen LogP contribution in [0.1, 0.15) is 5.76 Å². The van der Waals surface area contributed by atoms with Crippen LogP contribution in [0.3, 0.4) is 0 Å². The lowest BCUT2D eigenvalue weighted by Crippen LogP contribution is -1.87. The van der Waals surface area contributed by atoms with E-state index in [4.69, 9.17) is 16.0 Å². The first-order valence-corrected chi connectivity index (χ1v) is 5.58. The highest BCUT2D eigenvalue weighted by atomic mass is 35.5. The van der Waals surface area contributed by atoms with E-state index in [0.29, 0.717) is 15.8 Å². The van der Waals surface area contributed by atoms with Gasteiger partial charge in [0.05, 0.1) is 17.0 Å². The molecule has 78 valence electrons. The zero-order valence-corrected chi connectivity index (χ0v) is 9.19. The lowest BCUT2D eigenvalue weighted by atomic mass is 10.5. The van der Waals surface area contributed by atoms with Crippen molar-refractivity contribution in [3.05, 3.63) is 47.3 Å². The highest BCUT2D eigenvalue weighted by Gasteiger charge is 2.06. The summed E-state index contributed by atoms with van der Waals surface area (Å²) in [5.74, 6) is 0.939. The fraction of sp³-hybridized carbons (Fsp3) is 0.100. The van der Waals surface area contributed by atoms with Crippen molar-refractivity contribution in [2.24, 2.45) is 0 Å². The minimum atomic E-state index is -0.404. The maximum absolute atomic E-state index is 13.3. The maximum Gasteiger partial charge on any atom is 0.156 e. The molecular weight excluding hydrogens is 237 g/mol. The summed E-state index contributed by atoms with van der Waals surface area (Å²) in [6.07, 6.45) is 3.01. The van der Waals surface area contributed by atoms with Gasteiger partial charge in [-0.25, -0.2) is 9.37 Å². The molecule has 0 aromatic carbocycles. The van der Waals surface area contributed by atoms with E-state index in [1.807, 2.05) is 6.07 Å². The van der Waals surface area contributed by atoms with Crippen LogP contribution in [0, 0.1) is 5.82 Å². The van der Waals surface area contributed by atoms with E-state index in [9.17, 15) is 4.39 Å². The summed E-state index contributed by atoms with van der Waals surface area (Å²) < 4.78 is 18.4. The van der Waals surface area contributed by atoms with Gasteiger partial charge in [-0.15, -0.1) is 0 Å². The molecule has 0 aliphatic carbocycles. The Morgan fingerprint density at radius 2 is 2.40 bits per heavy atom. The second-order valence-corrected chi connectivity index (χ2v) is 4.21. The largest absolute Gasteiger partial charge is 0.468 e. The molecule has 2 rings (SSSR count). The Morgan fingerprint density at radius 1 is 1.53 bits per heavy atom. The Balaban J connectivity index is 2.05. The number of halogens is 2. The minimum Gasteiger partial charge on any atom is -0.468 e. The standard InChI is InChI=1S/C10H7ClFNOS/c11-7-4-9(12)10(13-5-7)15-6-8-2-1-3-14-8/h1-5H,6H2. The number of hydrogen-bond acceptors (Lipinski definition) is 3. The number of furan rings is 1. The molecule has 0 saturated heterocycles. The number of nitrogens with zero attached hydrogens (tertiary/aromatic N) is 1. The molecule has 0 N–H and O–H groups in total. The Labute approximate surface area is 95.5 Å². The normalized spacial score (nSPS) is 10.5. The number of rotatable bonds is 3. The van der Waals surface area contributed by atoms with Crippen LogP contribution in [0.4, 0.5) is 4.39 Å². The fourth-order valence-corrected chi connectivity index (χ4v) is 1.95. The molecular formula is C10H7ClFNOS. The first-order chi connectivity index (χ1) is 7.25. The predicted octanol–water partition coefficient (Wildman–Crippen LogP) is 3.76. The quantitative estimate of drug-likeness (QED) is 0.768. The molecule has 5 heteroatoms. The summed E-state index contributed by atoms with van der Waals surface area (Å²) in [5.41, 5.74) is 0. The zero-order valence-electron chi connectivity index (χ0n) is 7.61. The molecule has 2 aromatic rings. The minimum absolute atomic E-state index is 0.301. The van der Waals surface area contributed by atoms with Gasteiger partial charge in [0.15, 0.2) is 5.82 Å². The molecule has 0 fully saturated rings. The predicted molar refractivity (Wildman–Crippen MR) is 57.5 cm³/mol. The summed E-state index contributed by atoms with van der Waals surface area (Å²) in [6.45, 7) is 0. The fourth-order valence-electron chi connectivity index (χ4n) is 1.04. The van der Waals surface area contributed by atoms with Crippen molar-refractivity contribution >= 4 is 23.4 Å². The second-order valence-electron chi connectivity index (χ2n) is 2.81. The number of hydrogen-bond donors (Lipinski definition) is 0. The summed E-state index contributed by atoms with van der Waals surface area (Å²) >= 11 is 6.86. The third kappa shape index (κ3) is 2.73. The van der Waals surface area contributed by atoms with Gasteiger partial charge in [-0.2, -0.15) is 0 Å². The molecule has 0 aliphatic heterocycles. The second kappa shape index (κ2) is 4.68. The van der Waals surface area contributed by atoms with E-state index in [0.717, 1.165) is 5.76 Å². The van der Waals surface area contributed by atoms with Gasteiger partial charge in [0.25, 0.3) is 0 Å². The van der Waals surface area contributed by atoms with Crippen LogP contribution in [-0.4, -0.2) is 4.98 Å². The summed E-state index contributed by atoms with van der Waals surface area (Å²) in [5, 5.41) is 0.630. The molecule has 2 aromatic heterocycles. The first kappa shape index (κ1) is 10.5. The molecule has 0 aliphatic rings. The third-order valence-corrected chi connectivity index (χ3v) is 2.91. The van der Waals surface area contributed by atoms with Crippen molar-refractivity contribution in [2.75, 3.05) is 0 Å². The topological polar surface area (TPSA) is 26.0 Å². The van der Waals surface area contributed by atoms with Crippen molar-refractivity contribution in [3.63, 3.8) is 0 Å². The lowest BCUT2D eigenvalue weighted by molar-refractivity contribution is 0.530. The zero-order chi connectivity index (χ0) is 10.7. The molecule has 0 bridgehead atoms. The number of pyridine rings is 1. The Bertz CT molecular complexity index is 447. The molecule has 0 atom stereocenters. The van der Waals surface area contributed by atoms with Crippen LogP contribution in [0.2, 0.25) is 5.02 Å². The average Bonchev–Trinajstić information content (AvgIpc) is 2.69. The van der Waals surface area contributed by atoms with Crippen LogP contribution >= 0.6 is 23.4 Å². The van der Waals surface area contributed by atoms with Crippen molar-refractivity contribution < 1.29 is 8.81 Å². The third-order valence-electron chi connectivity index (χ3n) is 1.71. The van der Waals surface area contributed by atoms with Crippen LogP contribution in [0.15, 0.2) is 40.1 Å². The van der Waals surface area contributed by atoms with Gasteiger partial charge >= 0.3 is 0 Å². The molecule has 0 spiro atoms. The van der Waals surface area contributed by atoms with Crippen molar-refractivity contribution in [2.45, 2.75) is 10.8 Å². The van der Waals surface area contributed by atoms with Crippen LogP contribution in [-0.2, 0) is 5.75 Å². The molecule has 2 nitrogen and oxygen atoms in total. The Hall–Kier alpha value is -1.00. The first-order valence-electron chi connectivity index (χ1n) is 4.22. The van der Waals surface area contributed by atoms with Gasteiger partial charge in [0.2, 0.25) is 0 Å². The number of thioether (sulfide) groups is 1. The molecule has 15 heavy (non-hydrogen) atoms. The maximum atomic E-state index is 13.3. The smallest absolute Gasteiger partial charge is 0.156 e. The van der Waals surface area contributed by atoms with Gasteiger partial charge in [-0.3, -0.25) is 0 Å². The van der Waals surface area contributed by atoms with E-state index in [1.54, 1.807) is 12.3 Å². The van der Waals surface area contributed by atoms with Crippen molar-refractivity contribution in [1.82, 2.24) is 4.98 Å². The van der Waals surface area contributed by atoms with E-state index >= 15 is 0 Å². The summed E-state index contributed by atoms with van der Waals surface area (Å²) in [6, 6.07) is 4.88.